The number of carbonyl (C=O) groups is 1. The van der Waals surface area contributed by atoms with Crippen molar-refractivity contribution in [3.8, 4) is 5.69 Å². The minimum Gasteiger partial charge on any atom is -0.478 e. The molecule has 2 aromatic rings. The Morgan fingerprint density at radius 1 is 1.43 bits per heavy atom. The van der Waals surface area contributed by atoms with Crippen LogP contribution < -0.4 is 0 Å². The first-order valence-electron chi connectivity index (χ1n) is 6.70. The molecule has 0 amide bonds. The maximum atomic E-state index is 14.2. The van der Waals surface area contributed by atoms with Crippen LogP contribution in [0.5, 0.6) is 0 Å². The SMILES string of the molecule is CCc1c(C)nn(-c2ccc(C=CC(=O)O)cc2F)c1C. The van der Waals surface area contributed by atoms with E-state index in [1.165, 1.54) is 12.1 Å². The highest BCUT2D eigenvalue weighted by atomic mass is 19.1. The van der Waals surface area contributed by atoms with Crippen LogP contribution in [0.15, 0.2) is 24.3 Å². The van der Waals surface area contributed by atoms with Crippen molar-refractivity contribution in [2.24, 2.45) is 0 Å². The van der Waals surface area contributed by atoms with E-state index >= 15 is 0 Å². The molecule has 1 aromatic heterocycles. The molecule has 0 atom stereocenters. The van der Waals surface area contributed by atoms with Gasteiger partial charge in [-0.2, -0.15) is 5.10 Å². The van der Waals surface area contributed by atoms with Gasteiger partial charge >= 0.3 is 5.97 Å². The second-order valence-corrected chi connectivity index (χ2v) is 4.80. The normalized spacial score (nSPS) is 11.2. The third-order valence-electron chi connectivity index (χ3n) is 3.41. The van der Waals surface area contributed by atoms with Crippen LogP contribution in [0.4, 0.5) is 4.39 Å². The zero-order valence-corrected chi connectivity index (χ0v) is 12.2. The van der Waals surface area contributed by atoms with E-state index in [2.05, 4.69) is 5.10 Å². The highest BCUT2D eigenvalue weighted by Crippen LogP contribution is 2.21. The van der Waals surface area contributed by atoms with Crippen molar-refractivity contribution in [1.29, 1.82) is 0 Å². The molecule has 1 heterocycles. The van der Waals surface area contributed by atoms with Gasteiger partial charge < -0.3 is 5.11 Å². The van der Waals surface area contributed by atoms with Crippen LogP contribution in [-0.2, 0) is 11.2 Å². The maximum absolute atomic E-state index is 14.2. The van der Waals surface area contributed by atoms with Crippen molar-refractivity contribution in [2.75, 3.05) is 0 Å². The van der Waals surface area contributed by atoms with E-state index in [1.807, 2.05) is 20.8 Å². The molecular weight excluding hydrogens is 271 g/mol. The zero-order chi connectivity index (χ0) is 15.6. The molecule has 4 nitrogen and oxygen atoms in total. The first-order chi connectivity index (χ1) is 9.93. The average molecular weight is 288 g/mol. The number of aromatic nitrogens is 2. The van der Waals surface area contributed by atoms with Crippen molar-refractivity contribution in [2.45, 2.75) is 27.2 Å². The molecule has 1 N–H and O–H groups in total. The molecule has 0 aliphatic rings. The summed E-state index contributed by atoms with van der Waals surface area (Å²) in [6.07, 6.45) is 3.18. The first kappa shape index (κ1) is 15.0. The van der Waals surface area contributed by atoms with Gasteiger partial charge in [0.1, 0.15) is 11.5 Å². The van der Waals surface area contributed by atoms with Crippen LogP contribution in [0.3, 0.4) is 0 Å². The molecule has 0 bridgehead atoms. The fraction of sp³-hybridized carbons (Fsp3) is 0.250. The van der Waals surface area contributed by atoms with E-state index < -0.39 is 11.8 Å². The fourth-order valence-corrected chi connectivity index (χ4v) is 2.39. The Morgan fingerprint density at radius 3 is 2.67 bits per heavy atom. The molecule has 0 saturated carbocycles. The maximum Gasteiger partial charge on any atom is 0.328 e. The van der Waals surface area contributed by atoms with Gasteiger partial charge in [-0.15, -0.1) is 0 Å². The van der Waals surface area contributed by atoms with E-state index in [0.717, 1.165) is 29.4 Å². The van der Waals surface area contributed by atoms with Crippen molar-refractivity contribution >= 4 is 12.0 Å². The number of hydrogen-bond donors (Lipinski definition) is 1. The van der Waals surface area contributed by atoms with Gasteiger partial charge in [-0.1, -0.05) is 13.0 Å². The van der Waals surface area contributed by atoms with Crippen LogP contribution in [0.1, 0.15) is 29.4 Å². The van der Waals surface area contributed by atoms with Gasteiger partial charge in [0.05, 0.1) is 5.69 Å². The van der Waals surface area contributed by atoms with Crippen LogP contribution in [0.25, 0.3) is 11.8 Å². The monoisotopic (exact) mass is 288 g/mol. The summed E-state index contributed by atoms with van der Waals surface area (Å²) in [6.45, 7) is 5.86. The molecule has 0 aliphatic carbocycles. The Hall–Kier alpha value is -2.43. The minimum absolute atomic E-state index is 0.364. The van der Waals surface area contributed by atoms with Crippen LogP contribution in [0.2, 0.25) is 0 Å². The van der Waals surface area contributed by atoms with Crippen LogP contribution in [0, 0.1) is 19.7 Å². The molecular formula is C16H17FN2O2. The number of nitrogens with zero attached hydrogens (tertiary/aromatic N) is 2. The van der Waals surface area contributed by atoms with E-state index in [0.29, 0.717) is 11.3 Å². The highest BCUT2D eigenvalue weighted by Gasteiger charge is 2.14. The molecule has 0 spiro atoms. The summed E-state index contributed by atoms with van der Waals surface area (Å²) in [5.41, 5.74) is 3.79. The Bertz CT molecular complexity index is 717. The number of aryl methyl sites for hydroxylation is 1. The van der Waals surface area contributed by atoms with Crippen molar-refractivity contribution in [1.82, 2.24) is 9.78 Å². The lowest BCUT2D eigenvalue weighted by Crippen LogP contribution is -2.02. The number of carboxylic acids is 1. The lowest BCUT2D eigenvalue weighted by molar-refractivity contribution is -0.131. The molecule has 0 radical (unpaired) electrons. The Kier molecular flexibility index (Phi) is 4.21. The number of rotatable bonds is 4. The van der Waals surface area contributed by atoms with E-state index in [-0.39, 0.29) is 0 Å². The smallest absolute Gasteiger partial charge is 0.328 e. The zero-order valence-electron chi connectivity index (χ0n) is 12.2. The molecule has 0 unspecified atom stereocenters. The number of carboxylic acid groups (broad SMARTS) is 1. The predicted molar refractivity (Wildman–Crippen MR) is 79.0 cm³/mol. The van der Waals surface area contributed by atoms with Gasteiger partial charge in [0, 0.05) is 11.8 Å². The number of halogens is 1. The van der Waals surface area contributed by atoms with Crippen LogP contribution >= 0.6 is 0 Å². The number of aliphatic carboxylic acids is 1. The quantitative estimate of drug-likeness (QED) is 0.878. The fourth-order valence-electron chi connectivity index (χ4n) is 2.39. The van der Waals surface area contributed by atoms with Gasteiger partial charge in [-0.3, -0.25) is 0 Å². The molecule has 5 heteroatoms. The van der Waals surface area contributed by atoms with Crippen LogP contribution in [-0.4, -0.2) is 20.9 Å². The molecule has 0 fully saturated rings. The predicted octanol–water partition coefficient (Wildman–Crippen LogP) is 3.29. The Labute approximate surface area is 122 Å². The second kappa shape index (κ2) is 5.91. The summed E-state index contributed by atoms with van der Waals surface area (Å²) in [7, 11) is 0. The molecule has 110 valence electrons. The Morgan fingerprint density at radius 2 is 2.14 bits per heavy atom. The van der Waals surface area contributed by atoms with Gasteiger partial charge in [0.25, 0.3) is 0 Å². The highest BCUT2D eigenvalue weighted by molar-refractivity contribution is 5.85. The lowest BCUT2D eigenvalue weighted by Gasteiger charge is -2.07. The molecule has 2 rings (SSSR count). The number of hydrogen-bond acceptors (Lipinski definition) is 2. The topological polar surface area (TPSA) is 55.1 Å². The van der Waals surface area contributed by atoms with Gasteiger partial charge in [-0.25, -0.2) is 13.9 Å². The summed E-state index contributed by atoms with van der Waals surface area (Å²) in [5.74, 6) is -1.50. The minimum atomic E-state index is -1.06. The third-order valence-corrected chi connectivity index (χ3v) is 3.41. The molecule has 0 aliphatic heterocycles. The molecule has 1 aromatic carbocycles. The standard InChI is InChI=1S/C16H17FN2O2/c1-4-13-10(2)18-19(11(13)3)15-7-5-12(9-14(15)17)6-8-16(20)21/h5-9H,4H2,1-3H3,(H,20,21). The van der Waals surface area contributed by atoms with Crippen molar-refractivity contribution in [3.63, 3.8) is 0 Å². The van der Waals surface area contributed by atoms with Gasteiger partial charge in [-0.05, 0) is 49.6 Å². The Balaban J connectivity index is 2.44. The first-order valence-corrected chi connectivity index (χ1v) is 6.70. The average Bonchev–Trinajstić information content (AvgIpc) is 2.71. The lowest BCUT2D eigenvalue weighted by atomic mass is 10.1. The summed E-state index contributed by atoms with van der Waals surface area (Å²) in [5, 5.41) is 13.0. The van der Waals surface area contributed by atoms with Crippen molar-refractivity contribution in [3.05, 3.63) is 52.6 Å². The summed E-state index contributed by atoms with van der Waals surface area (Å²) in [6, 6.07) is 4.58. The molecule has 0 saturated heterocycles. The largest absolute Gasteiger partial charge is 0.478 e. The van der Waals surface area contributed by atoms with Gasteiger partial charge in [0.2, 0.25) is 0 Å². The summed E-state index contributed by atoms with van der Waals surface area (Å²) in [4.78, 5) is 10.5. The van der Waals surface area contributed by atoms with Crippen molar-refractivity contribution < 1.29 is 14.3 Å². The summed E-state index contributed by atoms with van der Waals surface area (Å²) < 4.78 is 15.8. The van der Waals surface area contributed by atoms with E-state index in [4.69, 9.17) is 5.11 Å². The van der Waals surface area contributed by atoms with E-state index in [9.17, 15) is 9.18 Å². The second-order valence-electron chi connectivity index (χ2n) is 4.80. The molecule has 21 heavy (non-hydrogen) atoms. The van der Waals surface area contributed by atoms with E-state index in [1.54, 1.807) is 16.8 Å². The van der Waals surface area contributed by atoms with Gasteiger partial charge in [0.15, 0.2) is 0 Å². The number of benzene rings is 1. The summed E-state index contributed by atoms with van der Waals surface area (Å²) >= 11 is 0. The third kappa shape index (κ3) is 3.02.